The number of benzene rings is 1. The third-order valence-electron chi connectivity index (χ3n) is 3.11. The van der Waals surface area contributed by atoms with Gasteiger partial charge >= 0.3 is 0 Å². The third-order valence-corrected chi connectivity index (χ3v) is 6.35. The van der Waals surface area contributed by atoms with E-state index in [1.807, 2.05) is 11.4 Å². The Morgan fingerprint density at radius 3 is 2.48 bits per heavy atom. The first kappa shape index (κ1) is 15.7. The van der Waals surface area contributed by atoms with Gasteiger partial charge in [-0.25, -0.2) is 8.42 Å². The zero-order chi connectivity index (χ0) is 15.3. The van der Waals surface area contributed by atoms with E-state index in [0.717, 1.165) is 4.88 Å². The highest BCUT2D eigenvalue weighted by atomic mass is 32.2. The molecule has 112 valence electrons. The third kappa shape index (κ3) is 3.71. The summed E-state index contributed by atoms with van der Waals surface area (Å²) < 4.78 is 25.6. The van der Waals surface area contributed by atoms with Gasteiger partial charge in [0.05, 0.1) is 4.90 Å². The van der Waals surface area contributed by atoms with Gasteiger partial charge in [0.15, 0.2) is 9.84 Å². The van der Waals surface area contributed by atoms with E-state index in [1.54, 1.807) is 43.3 Å². The summed E-state index contributed by atoms with van der Waals surface area (Å²) in [6, 6.07) is 11.9. The Kier molecular flexibility index (Phi) is 5.14. The minimum Gasteiger partial charge on any atom is -0.354 e. The molecular weight excluding hydrogens is 306 g/mol. The highest BCUT2D eigenvalue weighted by molar-refractivity contribution is 7.91. The average Bonchev–Trinajstić information content (AvgIpc) is 3.02. The number of hydrogen-bond acceptors (Lipinski definition) is 4. The Bertz CT molecular complexity index is 679. The Morgan fingerprint density at radius 2 is 1.90 bits per heavy atom. The largest absolute Gasteiger partial charge is 0.354 e. The Hall–Kier alpha value is -1.66. The van der Waals surface area contributed by atoms with Crippen molar-refractivity contribution in [3.05, 3.63) is 52.7 Å². The highest BCUT2D eigenvalue weighted by Gasteiger charge is 2.30. The quantitative estimate of drug-likeness (QED) is 0.889. The van der Waals surface area contributed by atoms with Gasteiger partial charge in [0.1, 0.15) is 5.25 Å². The van der Waals surface area contributed by atoms with E-state index < -0.39 is 15.1 Å². The normalized spacial score (nSPS) is 12.8. The number of amides is 1. The molecule has 21 heavy (non-hydrogen) atoms. The number of hydrogen-bond donors (Lipinski definition) is 1. The van der Waals surface area contributed by atoms with Crippen molar-refractivity contribution in [1.29, 1.82) is 0 Å². The molecule has 0 aliphatic carbocycles. The van der Waals surface area contributed by atoms with Gasteiger partial charge in [-0.15, -0.1) is 11.3 Å². The number of nitrogens with one attached hydrogen (secondary N) is 1. The van der Waals surface area contributed by atoms with Crippen molar-refractivity contribution in [2.75, 3.05) is 6.54 Å². The maximum Gasteiger partial charge on any atom is 0.219 e. The lowest BCUT2D eigenvalue weighted by Gasteiger charge is -2.17. The number of sulfone groups is 1. The molecule has 0 radical (unpaired) electrons. The lowest BCUT2D eigenvalue weighted by molar-refractivity contribution is -0.120. The summed E-state index contributed by atoms with van der Waals surface area (Å²) in [5.41, 5.74) is 0. The molecule has 1 heterocycles. The highest BCUT2D eigenvalue weighted by Crippen LogP contribution is 2.31. The van der Waals surface area contributed by atoms with E-state index in [4.69, 9.17) is 0 Å². The minimum atomic E-state index is -3.53. The van der Waals surface area contributed by atoms with Crippen LogP contribution in [0.4, 0.5) is 0 Å². The first-order valence-corrected chi connectivity index (χ1v) is 9.07. The molecule has 0 saturated heterocycles. The molecule has 0 saturated carbocycles. The second-order valence-corrected chi connectivity index (χ2v) is 7.63. The predicted molar refractivity (Wildman–Crippen MR) is 84.0 cm³/mol. The average molecular weight is 323 g/mol. The van der Waals surface area contributed by atoms with Crippen molar-refractivity contribution in [2.24, 2.45) is 0 Å². The van der Waals surface area contributed by atoms with Gasteiger partial charge < -0.3 is 5.32 Å². The predicted octanol–water partition coefficient (Wildman–Crippen LogP) is 2.79. The van der Waals surface area contributed by atoms with E-state index in [9.17, 15) is 13.2 Å². The van der Waals surface area contributed by atoms with Crippen molar-refractivity contribution < 1.29 is 13.2 Å². The number of carbonyl (C=O) groups excluding carboxylic acids is 1. The minimum absolute atomic E-state index is 0.0877. The standard InChI is InChI=1S/C15H17NO3S2/c1-2-15(17)16-11-14(13-9-6-10-20-13)21(18,19)12-7-4-3-5-8-12/h3-10,14H,2,11H2,1H3,(H,16,17). The van der Waals surface area contributed by atoms with Gasteiger partial charge in [-0.05, 0) is 23.6 Å². The monoisotopic (exact) mass is 323 g/mol. The van der Waals surface area contributed by atoms with Gasteiger partial charge in [-0.1, -0.05) is 31.2 Å². The van der Waals surface area contributed by atoms with E-state index in [0.29, 0.717) is 6.42 Å². The lowest BCUT2D eigenvalue weighted by Crippen LogP contribution is -2.31. The van der Waals surface area contributed by atoms with E-state index in [-0.39, 0.29) is 17.3 Å². The summed E-state index contributed by atoms with van der Waals surface area (Å²) in [4.78, 5) is 12.5. The lowest BCUT2D eigenvalue weighted by atomic mass is 10.3. The fraction of sp³-hybridized carbons (Fsp3) is 0.267. The Balaban J connectivity index is 2.33. The smallest absolute Gasteiger partial charge is 0.219 e. The van der Waals surface area contributed by atoms with E-state index in [2.05, 4.69) is 5.32 Å². The first-order chi connectivity index (χ1) is 10.1. The van der Waals surface area contributed by atoms with Crippen LogP contribution in [-0.2, 0) is 14.6 Å². The van der Waals surface area contributed by atoms with Crippen molar-refractivity contribution in [1.82, 2.24) is 5.32 Å². The molecule has 6 heteroatoms. The van der Waals surface area contributed by atoms with Crippen LogP contribution < -0.4 is 5.32 Å². The molecule has 1 unspecified atom stereocenters. The fourth-order valence-corrected chi connectivity index (χ4v) is 4.75. The fourth-order valence-electron chi connectivity index (χ4n) is 1.94. The molecule has 1 atom stereocenters. The maximum absolute atomic E-state index is 12.8. The van der Waals surface area contributed by atoms with Gasteiger partial charge in [0.25, 0.3) is 0 Å². The van der Waals surface area contributed by atoms with Crippen LogP contribution in [0.2, 0.25) is 0 Å². The molecule has 4 nitrogen and oxygen atoms in total. The van der Waals surface area contributed by atoms with Crippen LogP contribution in [0.3, 0.4) is 0 Å². The van der Waals surface area contributed by atoms with E-state index >= 15 is 0 Å². The summed E-state index contributed by atoms with van der Waals surface area (Å²) in [5, 5.41) is 3.77. The first-order valence-electron chi connectivity index (χ1n) is 6.64. The maximum atomic E-state index is 12.8. The van der Waals surface area contributed by atoms with Crippen LogP contribution in [0.25, 0.3) is 0 Å². The summed E-state index contributed by atoms with van der Waals surface area (Å²) in [6.07, 6.45) is 0.336. The molecule has 0 bridgehead atoms. The SMILES string of the molecule is CCC(=O)NCC(c1cccs1)S(=O)(=O)c1ccccc1. The van der Waals surface area contributed by atoms with Crippen molar-refractivity contribution in [3.63, 3.8) is 0 Å². The van der Waals surface area contributed by atoms with Gasteiger partial charge in [-0.3, -0.25) is 4.79 Å². The van der Waals surface area contributed by atoms with E-state index in [1.165, 1.54) is 11.3 Å². The van der Waals surface area contributed by atoms with Gasteiger partial charge in [0, 0.05) is 17.8 Å². The molecule has 1 aromatic carbocycles. The molecule has 1 N–H and O–H groups in total. The molecule has 1 amide bonds. The van der Waals surface area contributed by atoms with Crippen molar-refractivity contribution in [2.45, 2.75) is 23.5 Å². The topological polar surface area (TPSA) is 63.2 Å². The van der Waals surface area contributed by atoms with Crippen LogP contribution in [0.15, 0.2) is 52.7 Å². The molecular formula is C15H17NO3S2. The molecule has 2 aromatic rings. The van der Waals surface area contributed by atoms with Crippen LogP contribution in [0.5, 0.6) is 0 Å². The van der Waals surface area contributed by atoms with Gasteiger partial charge in [0.2, 0.25) is 5.91 Å². The molecule has 0 aliphatic heterocycles. The molecule has 2 rings (SSSR count). The summed E-state index contributed by atoms with van der Waals surface area (Å²) in [5.74, 6) is -0.153. The van der Waals surface area contributed by atoms with Crippen LogP contribution in [-0.4, -0.2) is 20.9 Å². The van der Waals surface area contributed by atoms with Crippen LogP contribution in [0.1, 0.15) is 23.5 Å². The molecule has 0 aliphatic rings. The number of carbonyl (C=O) groups is 1. The zero-order valence-electron chi connectivity index (χ0n) is 11.7. The number of rotatable bonds is 6. The van der Waals surface area contributed by atoms with Crippen LogP contribution in [0, 0.1) is 0 Å². The number of thiophene rings is 1. The molecule has 0 fully saturated rings. The zero-order valence-corrected chi connectivity index (χ0v) is 13.3. The molecule has 0 spiro atoms. The van der Waals surface area contributed by atoms with Gasteiger partial charge in [-0.2, -0.15) is 0 Å². The summed E-state index contributed by atoms with van der Waals surface area (Å²) in [6.45, 7) is 1.82. The second kappa shape index (κ2) is 6.87. The molecule has 1 aromatic heterocycles. The second-order valence-electron chi connectivity index (χ2n) is 4.52. The Labute approximate surface area is 128 Å². The van der Waals surface area contributed by atoms with Crippen molar-refractivity contribution in [3.8, 4) is 0 Å². The van der Waals surface area contributed by atoms with Crippen molar-refractivity contribution >= 4 is 27.1 Å². The Morgan fingerprint density at radius 1 is 1.19 bits per heavy atom. The summed E-state index contributed by atoms with van der Waals surface area (Å²) in [7, 11) is -3.53. The summed E-state index contributed by atoms with van der Waals surface area (Å²) >= 11 is 1.38. The van der Waals surface area contributed by atoms with Crippen LogP contribution >= 0.6 is 11.3 Å².